The number of nitrogen functional groups attached to an aromatic ring is 1. The Morgan fingerprint density at radius 3 is 2.46 bits per heavy atom. The van der Waals surface area contributed by atoms with Gasteiger partial charge in [-0.05, 0) is 36.8 Å². The van der Waals surface area contributed by atoms with Crippen molar-refractivity contribution in [2.75, 3.05) is 11.1 Å². The van der Waals surface area contributed by atoms with Gasteiger partial charge < -0.3 is 11.1 Å². The minimum absolute atomic E-state index is 0.740. The lowest BCUT2D eigenvalue weighted by molar-refractivity contribution is 1.23. The van der Waals surface area contributed by atoms with Gasteiger partial charge in [0.05, 0.1) is 5.39 Å². The second-order valence-corrected chi connectivity index (χ2v) is 6.52. The fraction of sp³-hybridized carbons (Fsp3) is 0.0526. The summed E-state index contributed by atoms with van der Waals surface area (Å²) in [7, 11) is 0. The van der Waals surface area contributed by atoms with Crippen LogP contribution in [-0.4, -0.2) is 9.97 Å². The Morgan fingerprint density at radius 2 is 1.71 bits per heavy atom. The van der Waals surface area contributed by atoms with Crippen molar-refractivity contribution in [3.63, 3.8) is 0 Å². The number of hydrogen-bond acceptors (Lipinski definition) is 5. The highest BCUT2D eigenvalue weighted by atomic mass is 32.1. The number of nitrogens with two attached hydrogens (primary N) is 1. The molecule has 0 spiro atoms. The van der Waals surface area contributed by atoms with Crippen LogP contribution in [-0.2, 0) is 0 Å². The van der Waals surface area contributed by atoms with E-state index in [9.17, 15) is 0 Å². The van der Waals surface area contributed by atoms with E-state index in [1.54, 1.807) is 17.7 Å². The molecular formula is C19H16N4S. The van der Waals surface area contributed by atoms with E-state index in [0.29, 0.717) is 0 Å². The summed E-state index contributed by atoms with van der Waals surface area (Å²) in [5.74, 6) is 0.807. The number of nitrogens with one attached hydrogen (secondary N) is 1. The highest BCUT2D eigenvalue weighted by molar-refractivity contribution is 7.17. The first-order chi connectivity index (χ1) is 11.7. The summed E-state index contributed by atoms with van der Waals surface area (Å²) in [6, 6.07) is 16.1. The number of nitrogens with zero attached hydrogens (tertiary/aromatic N) is 2. The molecule has 2 aromatic heterocycles. The van der Waals surface area contributed by atoms with Gasteiger partial charge >= 0.3 is 0 Å². The molecule has 0 aliphatic carbocycles. The SMILES string of the molecule is Cc1ccc(-c2csc3ncnc(Nc4ccc(N)cc4)c23)cc1. The molecule has 0 atom stereocenters. The molecule has 24 heavy (non-hydrogen) atoms. The lowest BCUT2D eigenvalue weighted by Crippen LogP contribution is -1.96. The molecule has 5 heteroatoms. The predicted octanol–water partition coefficient (Wildman–Crippen LogP) is 4.99. The summed E-state index contributed by atoms with van der Waals surface area (Å²) >= 11 is 1.63. The lowest BCUT2D eigenvalue weighted by atomic mass is 10.0. The van der Waals surface area contributed by atoms with Gasteiger partial charge in [-0.2, -0.15) is 0 Å². The lowest BCUT2D eigenvalue weighted by Gasteiger charge is -2.09. The van der Waals surface area contributed by atoms with Gasteiger partial charge in [0.25, 0.3) is 0 Å². The molecule has 118 valence electrons. The summed E-state index contributed by atoms with van der Waals surface area (Å²) in [4.78, 5) is 9.83. The van der Waals surface area contributed by atoms with E-state index in [1.165, 1.54) is 11.1 Å². The summed E-state index contributed by atoms with van der Waals surface area (Å²) < 4.78 is 0. The van der Waals surface area contributed by atoms with Gasteiger partial charge in [0.2, 0.25) is 0 Å². The Balaban J connectivity index is 1.82. The van der Waals surface area contributed by atoms with Gasteiger partial charge in [0.15, 0.2) is 0 Å². The van der Waals surface area contributed by atoms with E-state index in [2.05, 4.69) is 51.9 Å². The number of anilines is 3. The Bertz CT molecular complexity index is 988. The Morgan fingerprint density at radius 1 is 0.958 bits per heavy atom. The number of rotatable bonds is 3. The average molecular weight is 332 g/mol. The van der Waals surface area contributed by atoms with Crippen LogP contribution >= 0.6 is 11.3 Å². The fourth-order valence-corrected chi connectivity index (χ4v) is 3.53. The zero-order chi connectivity index (χ0) is 16.5. The summed E-state index contributed by atoms with van der Waals surface area (Å²) in [6.45, 7) is 2.09. The van der Waals surface area contributed by atoms with Gasteiger partial charge in [-0.1, -0.05) is 29.8 Å². The van der Waals surface area contributed by atoms with Crippen LogP contribution in [0.25, 0.3) is 21.3 Å². The number of aromatic nitrogens is 2. The normalized spacial score (nSPS) is 10.9. The molecule has 0 bridgehead atoms. The van der Waals surface area contributed by atoms with Gasteiger partial charge in [-0.25, -0.2) is 9.97 Å². The Labute approximate surface area is 144 Å². The second-order valence-electron chi connectivity index (χ2n) is 5.66. The highest BCUT2D eigenvalue weighted by Crippen LogP contribution is 2.37. The van der Waals surface area contributed by atoms with Crippen LogP contribution in [0.1, 0.15) is 5.56 Å². The number of aryl methyl sites for hydroxylation is 1. The van der Waals surface area contributed by atoms with E-state index < -0.39 is 0 Å². The predicted molar refractivity (Wildman–Crippen MR) is 102 cm³/mol. The van der Waals surface area contributed by atoms with E-state index in [4.69, 9.17) is 5.73 Å². The molecule has 0 saturated carbocycles. The number of hydrogen-bond donors (Lipinski definition) is 2. The van der Waals surface area contributed by atoms with Gasteiger partial charge in [-0.3, -0.25) is 0 Å². The number of fused-ring (bicyclic) bond motifs is 1. The van der Waals surface area contributed by atoms with E-state index >= 15 is 0 Å². The maximum absolute atomic E-state index is 5.75. The fourth-order valence-electron chi connectivity index (χ4n) is 2.62. The standard InChI is InChI=1S/C19H16N4S/c1-12-2-4-13(5-3-12)16-10-24-19-17(16)18(21-11-22-19)23-15-8-6-14(20)7-9-15/h2-11H,20H2,1H3,(H,21,22,23). The smallest absolute Gasteiger partial charge is 0.143 e. The van der Waals surface area contributed by atoms with Gasteiger partial charge in [-0.15, -0.1) is 11.3 Å². The molecule has 4 rings (SSSR count). The van der Waals surface area contributed by atoms with Crippen LogP contribution < -0.4 is 11.1 Å². The van der Waals surface area contributed by atoms with Crippen molar-refractivity contribution in [1.82, 2.24) is 9.97 Å². The zero-order valence-corrected chi connectivity index (χ0v) is 14.0. The van der Waals surface area contributed by atoms with Crippen LogP contribution in [0.4, 0.5) is 17.2 Å². The maximum atomic E-state index is 5.75. The van der Waals surface area contributed by atoms with E-state index in [0.717, 1.165) is 33.0 Å². The van der Waals surface area contributed by atoms with E-state index in [1.807, 2.05) is 24.3 Å². The summed E-state index contributed by atoms with van der Waals surface area (Å²) in [5.41, 5.74) is 11.0. The maximum Gasteiger partial charge on any atom is 0.143 e. The van der Waals surface area contributed by atoms with Crippen molar-refractivity contribution < 1.29 is 0 Å². The van der Waals surface area contributed by atoms with Crippen molar-refractivity contribution in [3.8, 4) is 11.1 Å². The van der Waals surface area contributed by atoms with Gasteiger partial charge in [0, 0.05) is 22.3 Å². The molecular weight excluding hydrogens is 316 g/mol. The largest absolute Gasteiger partial charge is 0.399 e. The van der Waals surface area contributed by atoms with Crippen LogP contribution in [0.15, 0.2) is 60.2 Å². The summed E-state index contributed by atoms with van der Waals surface area (Å²) in [5, 5.41) is 6.56. The van der Waals surface area contributed by atoms with Crippen molar-refractivity contribution in [1.29, 1.82) is 0 Å². The van der Waals surface area contributed by atoms with Crippen LogP contribution in [0.3, 0.4) is 0 Å². The zero-order valence-electron chi connectivity index (χ0n) is 13.2. The van der Waals surface area contributed by atoms with Crippen molar-refractivity contribution >= 4 is 38.7 Å². The number of benzene rings is 2. The van der Waals surface area contributed by atoms with Crippen LogP contribution in [0.5, 0.6) is 0 Å². The molecule has 4 aromatic rings. The molecule has 0 unspecified atom stereocenters. The minimum Gasteiger partial charge on any atom is -0.399 e. The number of thiophene rings is 1. The molecule has 0 fully saturated rings. The third-order valence-electron chi connectivity index (χ3n) is 3.91. The molecule has 2 aromatic carbocycles. The molecule has 0 saturated heterocycles. The average Bonchev–Trinajstić information content (AvgIpc) is 3.03. The first-order valence-electron chi connectivity index (χ1n) is 7.62. The first-order valence-corrected chi connectivity index (χ1v) is 8.50. The molecule has 4 nitrogen and oxygen atoms in total. The molecule has 0 amide bonds. The Hall–Kier alpha value is -2.92. The van der Waals surface area contributed by atoms with Crippen molar-refractivity contribution in [2.24, 2.45) is 0 Å². The third kappa shape index (κ3) is 2.70. The van der Waals surface area contributed by atoms with Crippen molar-refractivity contribution in [2.45, 2.75) is 6.92 Å². The second kappa shape index (κ2) is 5.94. The van der Waals surface area contributed by atoms with Gasteiger partial charge in [0.1, 0.15) is 17.0 Å². The molecule has 0 aliphatic heterocycles. The first kappa shape index (κ1) is 14.7. The van der Waals surface area contributed by atoms with Crippen LogP contribution in [0.2, 0.25) is 0 Å². The van der Waals surface area contributed by atoms with E-state index in [-0.39, 0.29) is 0 Å². The quantitative estimate of drug-likeness (QED) is 0.519. The molecule has 2 heterocycles. The molecule has 3 N–H and O–H groups in total. The monoisotopic (exact) mass is 332 g/mol. The third-order valence-corrected chi connectivity index (χ3v) is 4.79. The van der Waals surface area contributed by atoms with Crippen molar-refractivity contribution in [3.05, 3.63) is 65.8 Å². The Kier molecular flexibility index (Phi) is 3.63. The molecule has 0 aliphatic rings. The minimum atomic E-state index is 0.740. The van der Waals surface area contributed by atoms with Crippen LogP contribution in [0, 0.1) is 6.92 Å². The topological polar surface area (TPSA) is 63.8 Å². The summed E-state index contributed by atoms with van der Waals surface area (Å²) in [6.07, 6.45) is 1.59. The highest BCUT2D eigenvalue weighted by Gasteiger charge is 2.13. The molecule has 0 radical (unpaired) electrons.